The van der Waals surface area contributed by atoms with Crippen LogP contribution in [0.3, 0.4) is 0 Å². The molecule has 222 valence electrons. The van der Waals surface area contributed by atoms with Crippen molar-refractivity contribution in [2.24, 2.45) is 0 Å². The molecule has 1 heterocycles. The Morgan fingerprint density at radius 2 is 1.74 bits per heavy atom. The molecule has 42 heavy (non-hydrogen) atoms. The van der Waals surface area contributed by atoms with Crippen molar-refractivity contribution in [2.75, 3.05) is 26.2 Å². The summed E-state index contributed by atoms with van der Waals surface area (Å²) in [5.74, 6) is 0.256. The van der Waals surface area contributed by atoms with Gasteiger partial charge in [0.25, 0.3) is 0 Å². The van der Waals surface area contributed by atoms with Crippen molar-refractivity contribution >= 4 is 17.7 Å². The molecule has 0 aromatic heterocycles. The number of amides is 1. The highest BCUT2D eigenvalue weighted by atomic mass is 35.5. The number of alkyl carbamates (subject to hydrolysis) is 1. The molecular weight excluding hydrogens is 546 g/mol. The molecule has 1 saturated heterocycles. The number of carbonyl (C=O) groups excluding carboxylic acids is 1. The number of phenolic OH excluding ortho intramolecular Hbond substituents is 1. The zero-order chi connectivity index (χ0) is 30.3. The quantitative estimate of drug-likeness (QED) is 0.154. The fourth-order valence-electron chi connectivity index (χ4n) is 4.65. The molecule has 0 unspecified atom stereocenters. The number of aromatic hydroxyl groups is 1. The summed E-state index contributed by atoms with van der Waals surface area (Å²) in [6.45, 7) is 19.5. The monoisotopic (exact) mass is 587 g/mol. The van der Waals surface area contributed by atoms with Gasteiger partial charge in [-0.05, 0) is 78.8 Å². The van der Waals surface area contributed by atoms with Crippen molar-refractivity contribution in [1.82, 2.24) is 15.5 Å². The third kappa shape index (κ3) is 10.9. The number of hydrogen-bond acceptors (Lipinski definition) is 5. The third-order valence-electron chi connectivity index (χ3n) is 7.16. The normalized spacial score (nSPS) is 14.5. The first kappa shape index (κ1) is 32.7. The number of carbonyl (C=O) groups is 1. The van der Waals surface area contributed by atoms with E-state index in [1.54, 1.807) is 48.6 Å². The number of nitrogens with one attached hydrogen (secondary N) is 2. The molecule has 3 rings (SSSR count). The summed E-state index contributed by atoms with van der Waals surface area (Å²) in [6.07, 6.45) is 11.3. The fraction of sp³-hybridized carbons (Fsp3) is 0.286. The van der Waals surface area contributed by atoms with E-state index >= 15 is 0 Å². The van der Waals surface area contributed by atoms with Crippen LogP contribution < -0.4 is 10.6 Å². The summed E-state index contributed by atoms with van der Waals surface area (Å²) in [4.78, 5) is 15.0. The molecule has 0 saturated carbocycles. The molecule has 0 aliphatic carbocycles. The van der Waals surface area contributed by atoms with Crippen LogP contribution in [-0.2, 0) is 24.1 Å². The van der Waals surface area contributed by atoms with E-state index in [1.807, 2.05) is 0 Å². The maximum atomic E-state index is 12.6. The first-order chi connectivity index (χ1) is 20.3. The Labute approximate surface area is 255 Å². The molecule has 2 aromatic rings. The van der Waals surface area contributed by atoms with Gasteiger partial charge in [0.05, 0.1) is 5.70 Å². The largest absolute Gasteiger partial charge is 0.508 e. The van der Waals surface area contributed by atoms with E-state index < -0.39 is 6.09 Å². The highest BCUT2D eigenvalue weighted by molar-refractivity contribution is 6.30. The van der Waals surface area contributed by atoms with E-state index in [-0.39, 0.29) is 11.9 Å². The standard InChI is InChI=1S/C35H42ClN3O3/c1-5-7-9-26(3)27(4)33(8-6-2)38-35(41)42-32-18-22-39(23-19-32)21-17-29-12-10-28(11-13-29)16-20-37-25-30-24-31(36)14-15-34(30)40/h5-15,24,32,37,40H,1-4,16-23,25H2,(H,38,41)/b9-7-,33-8+. The second-order valence-corrected chi connectivity index (χ2v) is 10.7. The van der Waals surface area contributed by atoms with Gasteiger partial charge in [-0.1, -0.05) is 86.5 Å². The second kappa shape index (κ2) is 17.2. The summed E-state index contributed by atoms with van der Waals surface area (Å²) in [6, 6.07) is 13.8. The van der Waals surface area contributed by atoms with Crippen LogP contribution in [-0.4, -0.2) is 48.4 Å². The Kier molecular flexibility index (Phi) is 13.4. The number of rotatable bonds is 15. The van der Waals surface area contributed by atoms with Crippen LogP contribution in [0.1, 0.15) is 29.5 Å². The van der Waals surface area contributed by atoms with Crippen LogP contribution in [0.2, 0.25) is 5.02 Å². The fourth-order valence-corrected chi connectivity index (χ4v) is 4.84. The maximum absolute atomic E-state index is 12.6. The minimum Gasteiger partial charge on any atom is -0.508 e. The average molecular weight is 588 g/mol. The van der Waals surface area contributed by atoms with Crippen LogP contribution in [0.25, 0.3) is 0 Å². The molecule has 1 amide bonds. The van der Waals surface area contributed by atoms with Crippen molar-refractivity contribution in [3.63, 3.8) is 0 Å². The van der Waals surface area contributed by atoms with Gasteiger partial charge in [0.15, 0.2) is 0 Å². The highest BCUT2D eigenvalue weighted by Gasteiger charge is 2.23. The molecule has 0 bridgehead atoms. The topological polar surface area (TPSA) is 73.8 Å². The van der Waals surface area contributed by atoms with Gasteiger partial charge in [0, 0.05) is 36.8 Å². The number of allylic oxidation sites excluding steroid dienone is 6. The lowest BCUT2D eigenvalue weighted by molar-refractivity contribution is 0.0527. The maximum Gasteiger partial charge on any atom is 0.411 e. The van der Waals surface area contributed by atoms with Crippen molar-refractivity contribution in [3.05, 3.63) is 138 Å². The first-order valence-corrected chi connectivity index (χ1v) is 14.6. The van der Waals surface area contributed by atoms with E-state index in [0.717, 1.165) is 57.4 Å². The van der Waals surface area contributed by atoms with E-state index in [4.69, 9.17) is 16.3 Å². The predicted octanol–water partition coefficient (Wildman–Crippen LogP) is 7.04. The molecule has 2 aromatic carbocycles. The lowest BCUT2D eigenvalue weighted by atomic mass is 10.0. The highest BCUT2D eigenvalue weighted by Crippen LogP contribution is 2.21. The van der Waals surface area contributed by atoms with Gasteiger partial charge in [-0.3, -0.25) is 5.32 Å². The summed E-state index contributed by atoms with van der Waals surface area (Å²) in [7, 11) is 0. The number of nitrogens with zero attached hydrogens (tertiary/aromatic N) is 1. The number of phenols is 1. The van der Waals surface area contributed by atoms with Gasteiger partial charge in [-0.15, -0.1) is 0 Å². The molecule has 3 N–H and O–H groups in total. The van der Waals surface area contributed by atoms with Crippen LogP contribution in [0.5, 0.6) is 5.75 Å². The van der Waals surface area contributed by atoms with Crippen molar-refractivity contribution < 1.29 is 14.6 Å². The molecule has 0 atom stereocenters. The average Bonchev–Trinajstić information content (AvgIpc) is 2.99. The summed E-state index contributed by atoms with van der Waals surface area (Å²) in [5, 5.41) is 16.7. The minimum atomic E-state index is -0.499. The van der Waals surface area contributed by atoms with Crippen LogP contribution in [0, 0.1) is 0 Å². The lowest BCUT2D eigenvalue weighted by Gasteiger charge is -2.31. The summed E-state index contributed by atoms with van der Waals surface area (Å²) < 4.78 is 5.70. The predicted molar refractivity (Wildman–Crippen MR) is 174 cm³/mol. The molecule has 6 nitrogen and oxygen atoms in total. The zero-order valence-corrected chi connectivity index (χ0v) is 25.0. The third-order valence-corrected chi connectivity index (χ3v) is 7.40. The molecular formula is C35H42ClN3O3. The first-order valence-electron chi connectivity index (χ1n) is 14.2. The van der Waals surface area contributed by atoms with E-state index in [1.165, 1.54) is 11.1 Å². The minimum absolute atomic E-state index is 0.126. The second-order valence-electron chi connectivity index (χ2n) is 10.3. The van der Waals surface area contributed by atoms with Gasteiger partial charge >= 0.3 is 6.09 Å². The SMILES string of the molecule is C=C/C=C\C(=C)C(=C)/C(=C\C=C)NC(=O)OC1CCN(CCc2ccc(CCNCc3cc(Cl)ccc3O)cc2)CC1. The number of likely N-dealkylation sites (tertiary alicyclic amines) is 1. The van der Waals surface area contributed by atoms with E-state index in [0.29, 0.717) is 28.4 Å². The van der Waals surface area contributed by atoms with Gasteiger partial charge in [0.1, 0.15) is 11.9 Å². The Morgan fingerprint density at radius 1 is 1.05 bits per heavy atom. The van der Waals surface area contributed by atoms with Crippen molar-refractivity contribution in [2.45, 2.75) is 38.3 Å². The number of halogens is 1. The number of piperidine rings is 1. The van der Waals surface area contributed by atoms with Crippen molar-refractivity contribution in [3.8, 4) is 5.75 Å². The van der Waals surface area contributed by atoms with Gasteiger partial charge in [0.2, 0.25) is 0 Å². The number of benzene rings is 2. The van der Waals surface area contributed by atoms with Crippen molar-refractivity contribution in [1.29, 1.82) is 0 Å². The number of hydrogen-bond donors (Lipinski definition) is 3. The molecule has 0 spiro atoms. The molecule has 1 aliphatic heterocycles. The summed E-state index contributed by atoms with van der Waals surface area (Å²) in [5.41, 5.74) is 5.12. The summed E-state index contributed by atoms with van der Waals surface area (Å²) >= 11 is 6.02. The van der Waals surface area contributed by atoms with Gasteiger partial charge in [-0.25, -0.2) is 4.79 Å². The molecule has 0 radical (unpaired) electrons. The van der Waals surface area contributed by atoms with Crippen LogP contribution >= 0.6 is 11.6 Å². The van der Waals surface area contributed by atoms with Crippen LogP contribution in [0.15, 0.2) is 116 Å². The van der Waals surface area contributed by atoms with Crippen LogP contribution in [0.4, 0.5) is 4.79 Å². The Balaban J connectivity index is 1.34. The smallest absolute Gasteiger partial charge is 0.411 e. The zero-order valence-electron chi connectivity index (χ0n) is 24.3. The Bertz CT molecular complexity index is 1310. The molecule has 7 heteroatoms. The van der Waals surface area contributed by atoms with E-state index in [2.05, 4.69) is 66.1 Å². The van der Waals surface area contributed by atoms with Gasteiger partial charge < -0.3 is 20.1 Å². The van der Waals surface area contributed by atoms with E-state index in [9.17, 15) is 9.90 Å². The number of ether oxygens (including phenoxy) is 1. The Hall–Kier alpha value is -3.84. The Morgan fingerprint density at radius 3 is 2.40 bits per heavy atom. The molecule has 1 fully saturated rings. The van der Waals surface area contributed by atoms with Gasteiger partial charge in [-0.2, -0.15) is 0 Å². The lowest BCUT2D eigenvalue weighted by Crippen LogP contribution is -2.40. The molecule has 1 aliphatic rings.